The number of halogens is 2. The third kappa shape index (κ3) is 48.1. The molecule has 4 nitrogen and oxygen atoms in total. The summed E-state index contributed by atoms with van der Waals surface area (Å²) in [6.07, 6.45) is 54.6. The monoisotopic (exact) mass is 943 g/mol. The SMILES string of the molecule is CCCCCCCCCCCCCCCC[N+](C)(C)CCCCCCCCCCCCCCCC.CCCCCCCCCCCCOCC[N+](CC)(Cc1ccccc1)OC.[Cl-].[Cl-]. The molecule has 0 aliphatic carbocycles. The third-order valence-corrected chi connectivity index (χ3v) is 13.8. The first-order chi connectivity index (χ1) is 30.4. The Labute approximate surface area is 416 Å². The van der Waals surface area contributed by atoms with Gasteiger partial charge < -0.3 is 34.0 Å². The summed E-state index contributed by atoms with van der Waals surface area (Å²) in [5.74, 6) is 0. The maximum Gasteiger partial charge on any atom is 0.134 e. The van der Waals surface area contributed by atoms with Crippen LogP contribution in [0.1, 0.15) is 277 Å². The minimum atomic E-state index is 0. The fourth-order valence-corrected chi connectivity index (χ4v) is 9.16. The van der Waals surface area contributed by atoms with Gasteiger partial charge in [0.25, 0.3) is 0 Å². The van der Waals surface area contributed by atoms with Crippen LogP contribution in [-0.4, -0.2) is 69.7 Å². The number of quaternary nitrogens is 2. The van der Waals surface area contributed by atoms with Gasteiger partial charge in [-0.25, -0.2) is 4.84 Å². The van der Waals surface area contributed by atoms with Gasteiger partial charge in [-0.05, 0) is 39.0 Å². The highest BCUT2D eigenvalue weighted by Crippen LogP contribution is 2.18. The molecule has 64 heavy (non-hydrogen) atoms. The zero-order valence-corrected chi connectivity index (χ0v) is 46.2. The molecule has 6 heteroatoms. The van der Waals surface area contributed by atoms with Crippen molar-refractivity contribution < 1.29 is 43.5 Å². The van der Waals surface area contributed by atoms with Crippen LogP contribution >= 0.6 is 0 Å². The molecule has 0 saturated heterocycles. The van der Waals surface area contributed by atoms with Crippen LogP contribution in [0.15, 0.2) is 30.3 Å². The van der Waals surface area contributed by atoms with Crippen molar-refractivity contribution in [3.05, 3.63) is 35.9 Å². The van der Waals surface area contributed by atoms with E-state index in [0.717, 1.165) is 32.8 Å². The summed E-state index contributed by atoms with van der Waals surface area (Å²) in [5.41, 5.74) is 1.32. The fraction of sp³-hybridized carbons (Fsp3) is 0.897. The number of unbranched alkanes of at least 4 members (excludes halogenated alkanes) is 35. The lowest BCUT2D eigenvalue weighted by atomic mass is 10.0. The second-order valence-electron chi connectivity index (χ2n) is 20.3. The molecule has 0 aliphatic rings. The number of rotatable bonds is 48. The lowest BCUT2D eigenvalue weighted by Gasteiger charge is -2.33. The van der Waals surface area contributed by atoms with Crippen LogP contribution in [0, 0.1) is 0 Å². The van der Waals surface area contributed by atoms with E-state index in [4.69, 9.17) is 9.57 Å². The number of benzene rings is 1. The van der Waals surface area contributed by atoms with Crippen molar-refractivity contribution in [1.82, 2.24) is 0 Å². The predicted octanol–water partition coefficient (Wildman–Crippen LogP) is 12.6. The van der Waals surface area contributed by atoms with E-state index >= 15 is 0 Å². The van der Waals surface area contributed by atoms with E-state index in [0.29, 0.717) is 4.65 Å². The van der Waals surface area contributed by atoms with Gasteiger partial charge in [0.15, 0.2) is 0 Å². The molecule has 384 valence electrons. The van der Waals surface area contributed by atoms with Gasteiger partial charge in [-0.1, -0.05) is 263 Å². The maximum atomic E-state index is 5.91. The molecule has 0 bridgehead atoms. The molecule has 0 fully saturated rings. The van der Waals surface area contributed by atoms with Gasteiger partial charge >= 0.3 is 0 Å². The zero-order valence-electron chi connectivity index (χ0n) is 44.7. The summed E-state index contributed by atoms with van der Waals surface area (Å²) in [6.45, 7) is 16.3. The minimum absolute atomic E-state index is 0. The molecule has 0 spiro atoms. The molecule has 0 heterocycles. The number of hydroxylamine groups is 3. The Hall–Kier alpha value is -0.360. The quantitative estimate of drug-likeness (QED) is 0.0368. The lowest BCUT2D eigenvalue weighted by molar-refractivity contribution is -1.11. The Kier molecular flexibility index (Phi) is 56.9. The lowest BCUT2D eigenvalue weighted by Crippen LogP contribution is -3.00. The highest BCUT2D eigenvalue weighted by molar-refractivity contribution is 5.13. The van der Waals surface area contributed by atoms with Crippen LogP contribution in [0.5, 0.6) is 0 Å². The summed E-state index contributed by atoms with van der Waals surface area (Å²) >= 11 is 0. The summed E-state index contributed by atoms with van der Waals surface area (Å²) < 4.78 is 7.78. The van der Waals surface area contributed by atoms with Crippen LogP contribution < -0.4 is 24.8 Å². The van der Waals surface area contributed by atoms with E-state index in [1.165, 1.54) is 267 Å². The van der Waals surface area contributed by atoms with Crippen molar-refractivity contribution in [2.75, 3.05) is 60.6 Å². The standard InChI is InChI=1S/C34H72N.C24H44NO2.2ClH/c1-5-7-9-11-13-15-17-19-21-23-25-27-29-31-33-35(3,4)34-32-30-28-26-24-22-20-18-16-14-12-10-8-6-2;1-4-6-7-8-9-10-11-12-13-17-21-27-22-20-25(5-2,26-3)23-24-18-15-14-16-19-24;;/h5-34H2,1-4H3;14-16,18-19H,4-13,17,20-23H2,1-3H3;2*1H/q2*+1;;/p-2. The Balaban J connectivity index is -0.00000116. The van der Waals surface area contributed by atoms with Crippen LogP contribution in [0.4, 0.5) is 0 Å². The third-order valence-electron chi connectivity index (χ3n) is 13.8. The largest absolute Gasteiger partial charge is 1.00 e. The van der Waals surface area contributed by atoms with Crippen LogP contribution in [0.2, 0.25) is 0 Å². The first-order valence-electron chi connectivity index (χ1n) is 28.2. The Bertz CT molecular complexity index is 942. The topological polar surface area (TPSA) is 18.5 Å². The van der Waals surface area contributed by atoms with Gasteiger partial charge in [0.1, 0.15) is 19.6 Å². The normalized spacial score (nSPS) is 12.3. The molecule has 0 N–H and O–H groups in total. The molecular formula is C58H116Cl2N2O2. The van der Waals surface area contributed by atoms with Gasteiger partial charge in [-0.2, -0.15) is 4.65 Å². The van der Waals surface area contributed by atoms with Crippen molar-refractivity contribution in [3.63, 3.8) is 0 Å². The van der Waals surface area contributed by atoms with Crippen molar-refractivity contribution in [1.29, 1.82) is 0 Å². The van der Waals surface area contributed by atoms with E-state index in [9.17, 15) is 0 Å². The number of ether oxygens (including phenoxy) is 1. The predicted molar refractivity (Wildman–Crippen MR) is 278 cm³/mol. The van der Waals surface area contributed by atoms with Gasteiger partial charge in [-0.15, -0.1) is 0 Å². The Morgan fingerprint density at radius 2 is 0.656 bits per heavy atom. The molecule has 1 unspecified atom stereocenters. The molecule has 1 rings (SSSR count). The number of hydrogen-bond acceptors (Lipinski definition) is 2. The zero-order chi connectivity index (χ0) is 45.3. The highest BCUT2D eigenvalue weighted by atomic mass is 35.5. The summed E-state index contributed by atoms with van der Waals surface area (Å²) in [7, 11) is 6.74. The highest BCUT2D eigenvalue weighted by Gasteiger charge is 2.26. The first-order valence-corrected chi connectivity index (χ1v) is 28.2. The average molecular weight is 944 g/mol. The summed E-state index contributed by atoms with van der Waals surface area (Å²) in [4.78, 5) is 5.86. The second kappa shape index (κ2) is 53.6. The van der Waals surface area contributed by atoms with Crippen molar-refractivity contribution >= 4 is 0 Å². The summed E-state index contributed by atoms with van der Waals surface area (Å²) in [6, 6.07) is 10.6. The second-order valence-corrected chi connectivity index (χ2v) is 20.3. The van der Waals surface area contributed by atoms with Crippen molar-refractivity contribution in [2.24, 2.45) is 0 Å². The molecule has 1 aromatic rings. The van der Waals surface area contributed by atoms with E-state index in [2.05, 4.69) is 72.1 Å². The van der Waals surface area contributed by atoms with Crippen LogP contribution in [-0.2, 0) is 16.1 Å². The number of likely N-dealkylation sites (N-methyl/N-ethyl adjacent to an activating group) is 1. The smallest absolute Gasteiger partial charge is 0.134 e. The van der Waals surface area contributed by atoms with E-state index in [1.54, 1.807) is 0 Å². The Morgan fingerprint density at radius 3 is 0.953 bits per heavy atom. The van der Waals surface area contributed by atoms with Crippen LogP contribution in [0.3, 0.4) is 0 Å². The molecule has 0 aliphatic heterocycles. The van der Waals surface area contributed by atoms with E-state index < -0.39 is 0 Å². The van der Waals surface area contributed by atoms with Crippen LogP contribution in [0.25, 0.3) is 0 Å². The van der Waals surface area contributed by atoms with Gasteiger partial charge in [0.05, 0.1) is 40.9 Å². The first kappa shape index (κ1) is 67.9. The Morgan fingerprint density at radius 1 is 0.359 bits per heavy atom. The van der Waals surface area contributed by atoms with Crippen molar-refractivity contribution in [2.45, 2.75) is 278 Å². The van der Waals surface area contributed by atoms with Gasteiger partial charge in [-0.3, -0.25) is 0 Å². The maximum absolute atomic E-state index is 5.91. The molecule has 1 atom stereocenters. The molecular weight excluding hydrogens is 828 g/mol. The molecule has 1 aromatic carbocycles. The number of hydrogen-bond donors (Lipinski definition) is 0. The molecule has 0 aromatic heterocycles. The average Bonchev–Trinajstić information content (AvgIpc) is 3.28. The molecule has 0 saturated carbocycles. The van der Waals surface area contributed by atoms with E-state index in [-0.39, 0.29) is 24.8 Å². The number of nitrogens with zero attached hydrogens (tertiary/aromatic N) is 2. The molecule has 0 radical (unpaired) electrons. The minimum Gasteiger partial charge on any atom is -1.00 e. The fourth-order valence-electron chi connectivity index (χ4n) is 9.16. The molecule has 0 amide bonds. The summed E-state index contributed by atoms with van der Waals surface area (Å²) in [5, 5.41) is 0. The van der Waals surface area contributed by atoms with E-state index in [1.807, 2.05) is 7.11 Å². The van der Waals surface area contributed by atoms with Crippen molar-refractivity contribution in [3.8, 4) is 0 Å². The van der Waals surface area contributed by atoms with Gasteiger partial charge in [0, 0.05) is 12.2 Å². The van der Waals surface area contributed by atoms with Gasteiger partial charge in [0.2, 0.25) is 0 Å².